The summed E-state index contributed by atoms with van der Waals surface area (Å²) in [4.78, 5) is 23.3. The molecule has 0 bridgehead atoms. The van der Waals surface area contributed by atoms with Crippen LogP contribution >= 0.6 is 0 Å². The number of sulfonamides is 1. The van der Waals surface area contributed by atoms with Gasteiger partial charge in [0.2, 0.25) is 10.0 Å². The Hall–Kier alpha value is -3.40. The molecule has 0 spiro atoms. The molecule has 9 nitrogen and oxygen atoms in total. The lowest BCUT2D eigenvalue weighted by molar-refractivity contribution is -0.142. The molecule has 2 rings (SSSR count). The first-order valence-corrected chi connectivity index (χ1v) is 11.1. The van der Waals surface area contributed by atoms with Crippen LogP contribution in [0, 0.1) is 13.8 Å². The zero-order chi connectivity index (χ0) is 23.0. The maximum Gasteiger partial charge on any atom is 0.343 e. The maximum atomic E-state index is 12.3. The van der Waals surface area contributed by atoms with E-state index in [4.69, 9.17) is 4.74 Å². The molecule has 1 N–H and O–H groups in total. The quantitative estimate of drug-likeness (QED) is 0.356. The van der Waals surface area contributed by atoms with Gasteiger partial charge in [-0.25, -0.2) is 18.6 Å². The lowest BCUT2D eigenvalue weighted by Crippen LogP contribution is -2.39. The molecule has 0 unspecified atom stereocenters. The summed E-state index contributed by atoms with van der Waals surface area (Å²) >= 11 is 0. The standard InChI is InChI=1S/C21H25N3O6S/c1-15-5-8-18(11-16(15)2)24(31(4,27)28)13-20(25)23-22-12-17-6-9-19(10-7-17)30-14-21(26)29-3/h5-12H,13-14H2,1-4H3,(H,23,25)/b22-12-. The summed E-state index contributed by atoms with van der Waals surface area (Å²) in [6.07, 6.45) is 2.45. The highest BCUT2D eigenvalue weighted by Gasteiger charge is 2.21. The van der Waals surface area contributed by atoms with Crippen LogP contribution in [0.1, 0.15) is 16.7 Å². The Bertz CT molecular complexity index is 1070. The number of carbonyl (C=O) groups excluding carboxylic acids is 2. The predicted molar refractivity (Wildman–Crippen MR) is 118 cm³/mol. The Kier molecular flexibility index (Phi) is 8.14. The Labute approximate surface area is 181 Å². The fraction of sp³-hybridized carbons (Fsp3) is 0.286. The summed E-state index contributed by atoms with van der Waals surface area (Å²) in [7, 11) is -2.39. The monoisotopic (exact) mass is 447 g/mol. The Morgan fingerprint density at radius 1 is 1.10 bits per heavy atom. The minimum atomic E-state index is -3.66. The first kappa shape index (κ1) is 23.9. The third-order valence-electron chi connectivity index (χ3n) is 4.33. The van der Waals surface area contributed by atoms with Crippen LogP contribution in [-0.2, 0) is 24.3 Å². The number of methoxy groups -OCH3 is 1. The van der Waals surface area contributed by atoms with E-state index in [0.29, 0.717) is 17.0 Å². The Morgan fingerprint density at radius 3 is 2.35 bits per heavy atom. The zero-order valence-electron chi connectivity index (χ0n) is 17.8. The molecule has 31 heavy (non-hydrogen) atoms. The van der Waals surface area contributed by atoms with Crippen LogP contribution in [-0.4, -0.2) is 53.0 Å². The zero-order valence-corrected chi connectivity index (χ0v) is 18.6. The van der Waals surface area contributed by atoms with Crippen molar-refractivity contribution in [3.63, 3.8) is 0 Å². The highest BCUT2D eigenvalue weighted by molar-refractivity contribution is 7.92. The second-order valence-electron chi connectivity index (χ2n) is 6.77. The third-order valence-corrected chi connectivity index (χ3v) is 5.47. The molecule has 2 aromatic rings. The van der Waals surface area contributed by atoms with E-state index in [1.165, 1.54) is 13.3 Å². The van der Waals surface area contributed by atoms with Crippen LogP contribution in [0.3, 0.4) is 0 Å². The van der Waals surface area contributed by atoms with Crippen molar-refractivity contribution in [2.75, 3.05) is 30.8 Å². The van der Waals surface area contributed by atoms with Gasteiger partial charge < -0.3 is 9.47 Å². The molecule has 0 aliphatic rings. The van der Waals surface area contributed by atoms with E-state index in [1.807, 2.05) is 13.8 Å². The van der Waals surface area contributed by atoms with E-state index in [0.717, 1.165) is 21.7 Å². The highest BCUT2D eigenvalue weighted by atomic mass is 32.2. The summed E-state index contributed by atoms with van der Waals surface area (Å²) in [5.41, 5.74) is 5.34. The molecule has 2 aromatic carbocycles. The molecule has 0 heterocycles. The molecule has 1 amide bonds. The summed E-state index contributed by atoms with van der Waals surface area (Å²) in [6, 6.07) is 11.8. The number of nitrogens with zero attached hydrogens (tertiary/aromatic N) is 2. The van der Waals surface area contributed by atoms with E-state index >= 15 is 0 Å². The molecule has 0 fully saturated rings. The Morgan fingerprint density at radius 2 is 1.77 bits per heavy atom. The number of amides is 1. The largest absolute Gasteiger partial charge is 0.482 e. The molecule has 0 aromatic heterocycles. The number of aryl methyl sites for hydroxylation is 2. The lowest BCUT2D eigenvalue weighted by atomic mass is 10.1. The molecule has 0 radical (unpaired) electrons. The number of hydrazone groups is 1. The first-order valence-electron chi connectivity index (χ1n) is 9.26. The van der Waals surface area contributed by atoms with E-state index in [-0.39, 0.29) is 6.61 Å². The number of hydrogen-bond donors (Lipinski definition) is 1. The third kappa shape index (κ3) is 7.41. The molecule has 166 valence electrons. The SMILES string of the molecule is COC(=O)COc1ccc(/C=N\NC(=O)CN(c2ccc(C)c(C)c2)S(C)(=O)=O)cc1. The molecular weight excluding hydrogens is 422 g/mol. The number of hydrogen-bond acceptors (Lipinski definition) is 7. The van der Waals surface area contributed by atoms with Gasteiger partial charge >= 0.3 is 5.97 Å². The first-order chi connectivity index (χ1) is 14.6. The van der Waals surface area contributed by atoms with E-state index in [1.54, 1.807) is 42.5 Å². The van der Waals surface area contributed by atoms with Crippen molar-refractivity contribution in [2.45, 2.75) is 13.8 Å². The van der Waals surface area contributed by atoms with Gasteiger partial charge in [-0.2, -0.15) is 5.10 Å². The van der Waals surface area contributed by atoms with Crippen LogP contribution in [0.2, 0.25) is 0 Å². The van der Waals surface area contributed by atoms with Gasteiger partial charge in [0.1, 0.15) is 12.3 Å². The molecule has 0 saturated heterocycles. The minimum Gasteiger partial charge on any atom is -0.482 e. The summed E-state index contributed by atoms with van der Waals surface area (Å²) < 4.78 is 35.1. The number of ether oxygens (including phenoxy) is 2. The van der Waals surface area contributed by atoms with Crippen molar-refractivity contribution in [3.05, 3.63) is 59.2 Å². The van der Waals surface area contributed by atoms with Crippen molar-refractivity contribution >= 4 is 33.8 Å². The predicted octanol–water partition coefficient (Wildman–Crippen LogP) is 1.77. The van der Waals surface area contributed by atoms with Crippen molar-refractivity contribution in [1.29, 1.82) is 0 Å². The van der Waals surface area contributed by atoms with Crippen LogP contribution in [0.25, 0.3) is 0 Å². The molecule has 0 saturated carbocycles. The summed E-state index contributed by atoms with van der Waals surface area (Å²) in [5.74, 6) is -0.598. The van der Waals surface area contributed by atoms with E-state index in [9.17, 15) is 18.0 Å². The fourth-order valence-electron chi connectivity index (χ4n) is 2.48. The van der Waals surface area contributed by atoms with Crippen LogP contribution in [0.4, 0.5) is 5.69 Å². The minimum absolute atomic E-state index is 0.197. The molecule has 0 aliphatic carbocycles. The average molecular weight is 448 g/mol. The van der Waals surface area contributed by atoms with Gasteiger partial charge in [0.25, 0.3) is 5.91 Å². The normalized spacial score (nSPS) is 11.2. The lowest BCUT2D eigenvalue weighted by Gasteiger charge is -2.22. The van der Waals surface area contributed by atoms with Gasteiger partial charge in [-0.1, -0.05) is 6.07 Å². The second kappa shape index (κ2) is 10.6. The topological polar surface area (TPSA) is 114 Å². The smallest absolute Gasteiger partial charge is 0.343 e. The second-order valence-corrected chi connectivity index (χ2v) is 8.67. The van der Waals surface area contributed by atoms with Crippen LogP contribution < -0.4 is 14.5 Å². The number of rotatable bonds is 9. The van der Waals surface area contributed by atoms with Crippen molar-refractivity contribution in [2.24, 2.45) is 5.10 Å². The molecular formula is C21H25N3O6S. The molecule has 10 heteroatoms. The van der Waals surface area contributed by atoms with Crippen molar-refractivity contribution < 1.29 is 27.5 Å². The van der Waals surface area contributed by atoms with Crippen LogP contribution in [0.15, 0.2) is 47.6 Å². The maximum absolute atomic E-state index is 12.3. The highest BCUT2D eigenvalue weighted by Crippen LogP contribution is 2.21. The number of nitrogens with one attached hydrogen (secondary N) is 1. The average Bonchev–Trinajstić information content (AvgIpc) is 2.72. The van der Waals surface area contributed by atoms with Gasteiger partial charge in [-0.05, 0) is 66.9 Å². The summed E-state index contributed by atoms with van der Waals surface area (Å²) in [5, 5.41) is 3.86. The van der Waals surface area contributed by atoms with Gasteiger partial charge in [0, 0.05) is 0 Å². The van der Waals surface area contributed by atoms with Gasteiger partial charge in [0.15, 0.2) is 6.61 Å². The van der Waals surface area contributed by atoms with E-state index in [2.05, 4.69) is 15.3 Å². The molecule has 0 aliphatic heterocycles. The summed E-state index contributed by atoms with van der Waals surface area (Å²) in [6.45, 7) is 3.19. The number of esters is 1. The van der Waals surface area contributed by atoms with Crippen LogP contribution in [0.5, 0.6) is 5.75 Å². The van der Waals surface area contributed by atoms with Gasteiger partial charge in [0.05, 0.1) is 25.3 Å². The fourth-order valence-corrected chi connectivity index (χ4v) is 3.32. The molecule has 0 atom stereocenters. The van der Waals surface area contributed by atoms with Crippen molar-refractivity contribution in [1.82, 2.24) is 5.43 Å². The van der Waals surface area contributed by atoms with Gasteiger partial charge in [-0.15, -0.1) is 0 Å². The van der Waals surface area contributed by atoms with Gasteiger partial charge in [-0.3, -0.25) is 9.10 Å². The Balaban J connectivity index is 1.98. The van der Waals surface area contributed by atoms with Crippen molar-refractivity contribution in [3.8, 4) is 5.75 Å². The number of anilines is 1. The number of carbonyl (C=O) groups is 2. The van der Waals surface area contributed by atoms with E-state index < -0.39 is 28.4 Å². The number of benzene rings is 2.